The van der Waals surface area contributed by atoms with Gasteiger partial charge in [-0.3, -0.25) is 9.59 Å². The van der Waals surface area contributed by atoms with E-state index in [1.54, 1.807) is 0 Å². The summed E-state index contributed by atoms with van der Waals surface area (Å²) < 4.78 is 0. The predicted molar refractivity (Wildman–Crippen MR) is 59.6 cm³/mol. The molecule has 6 nitrogen and oxygen atoms in total. The Hall–Kier alpha value is -0.560. The predicted octanol–water partition coefficient (Wildman–Crippen LogP) is -0.176. The minimum atomic E-state index is -1.08. The van der Waals surface area contributed by atoms with E-state index in [0.717, 1.165) is 0 Å². The van der Waals surface area contributed by atoms with Crippen LogP contribution in [0, 0.1) is 0 Å². The molecule has 0 bridgehead atoms. The molecule has 0 aromatic rings. The van der Waals surface area contributed by atoms with E-state index < -0.39 is 24.0 Å². The summed E-state index contributed by atoms with van der Waals surface area (Å²) >= 11 is 0. The van der Waals surface area contributed by atoms with Crippen molar-refractivity contribution in [3.8, 4) is 0 Å². The van der Waals surface area contributed by atoms with Crippen molar-refractivity contribution in [1.82, 2.24) is 0 Å². The molecule has 0 unspecified atom stereocenters. The fraction of sp³-hybridized carbons (Fsp3) is 0.714. The third-order valence-corrected chi connectivity index (χ3v) is 1.66. The summed E-state index contributed by atoms with van der Waals surface area (Å²) in [6.07, 6.45) is 0.896. The molecule has 0 spiro atoms. The zero-order chi connectivity index (χ0) is 10.4. The van der Waals surface area contributed by atoms with Crippen LogP contribution in [-0.4, -0.2) is 34.2 Å². The lowest BCUT2D eigenvalue weighted by Crippen LogP contribution is -2.33. The van der Waals surface area contributed by atoms with Gasteiger partial charge in [-0.15, -0.1) is 24.8 Å². The van der Waals surface area contributed by atoms with Gasteiger partial charge in [-0.2, -0.15) is 0 Å². The SMILES string of the molecule is Cl.Cl.N[C@@H](CCC[C@H](N)C(=O)O)C(=O)O. The Labute approximate surface area is 99.8 Å². The maximum absolute atomic E-state index is 10.2. The van der Waals surface area contributed by atoms with E-state index in [0.29, 0.717) is 6.42 Å². The lowest BCUT2D eigenvalue weighted by atomic mass is 10.1. The summed E-state index contributed by atoms with van der Waals surface area (Å²) in [6.45, 7) is 0. The first kappa shape index (κ1) is 19.9. The van der Waals surface area contributed by atoms with Gasteiger partial charge >= 0.3 is 11.9 Å². The summed E-state index contributed by atoms with van der Waals surface area (Å²) in [7, 11) is 0. The molecular formula is C7H16Cl2N2O4. The number of hydrogen-bond acceptors (Lipinski definition) is 4. The molecule has 0 heterocycles. The minimum absolute atomic E-state index is 0. The second-order valence-corrected chi connectivity index (χ2v) is 2.82. The van der Waals surface area contributed by atoms with E-state index in [-0.39, 0.29) is 37.7 Å². The smallest absolute Gasteiger partial charge is 0.320 e. The van der Waals surface area contributed by atoms with E-state index in [4.69, 9.17) is 21.7 Å². The minimum Gasteiger partial charge on any atom is -0.480 e. The van der Waals surface area contributed by atoms with Gasteiger partial charge in [-0.25, -0.2) is 0 Å². The van der Waals surface area contributed by atoms with Crippen molar-refractivity contribution in [3.63, 3.8) is 0 Å². The van der Waals surface area contributed by atoms with Gasteiger partial charge in [0.25, 0.3) is 0 Å². The Morgan fingerprint density at radius 1 is 0.933 bits per heavy atom. The third-order valence-electron chi connectivity index (χ3n) is 1.66. The van der Waals surface area contributed by atoms with Gasteiger partial charge in [0.1, 0.15) is 12.1 Å². The first-order valence-corrected chi connectivity index (χ1v) is 3.92. The molecule has 0 rings (SSSR count). The van der Waals surface area contributed by atoms with Crippen molar-refractivity contribution in [2.75, 3.05) is 0 Å². The summed E-state index contributed by atoms with van der Waals surface area (Å²) in [6, 6.07) is -1.86. The normalized spacial score (nSPS) is 12.9. The molecule has 0 aliphatic heterocycles. The Kier molecular flexibility index (Phi) is 13.3. The molecule has 0 fully saturated rings. The molecule has 0 saturated heterocycles. The molecule has 0 aliphatic rings. The fourth-order valence-corrected chi connectivity index (χ4v) is 0.805. The largest absolute Gasteiger partial charge is 0.480 e. The fourth-order valence-electron chi connectivity index (χ4n) is 0.805. The molecule has 2 atom stereocenters. The molecule has 92 valence electrons. The van der Waals surface area contributed by atoms with Gasteiger partial charge < -0.3 is 21.7 Å². The zero-order valence-electron chi connectivity index (χ0n) is 7.96. The zero-order valence-corrected chi connectivity index (χ0v) is 9.59. The van der Waals surface area contributed by atoms with Crippen LogP contribution in [0.2, 0.25) is 0 Å². The van der Waals surface area contributed by atoms with E-state index in [2.05, 4.69) is 0 Å². The molecule has 15 heavy (non-hydrogen) atoms. The number of carboxylic acids is 2. The molecule has 0 saturated carbocycles. The second kappa shape index (κ2) is 9.97. The summed E-state index contributed by atoms with van der Waals surface area (Å²) in [4.78, 5) is 20.5. The molecule has 8 heteroatoms. The molecular weight excluding hydrogens is 247 g/mol. The van der Waals surface area contributed by atoms with Crippen molar-refractivity contribution in [2.45, 2.75) is 31.3 Å². The molecule has 0 aromatic heterocycles. The first-order chi connectivity index (χ1) is 5.95. The number of halogens is 2. The van der Waals surface area contributed by atoms with Gasteiger partial charge in [0.15, 0.2) is 0 Å². The van der Waals surface area contributed by atoms with Crippen LogP contribution in [0.5, 0.6) is 0 Å². The van der Waals surface area contributed by atoms with Crippen LogP contribution < -0.4 is 11.5 Å². The number of rotatable bonds is 6. The Bertz CT molecular complexity index is 183. The van der Waals surface area contributed by atoms with Crippen molar-refractivity contribution >= 4 is 36.8 Å². The molecule has 0 amide bonds. The highest BCUT2D eigenvalue weighted by atomic mass is 35.5. The average molecular weight is 263 g/mol. The molecule has 0 aliphatic carbocycles. The van der Waals surface area contributed by atoms with Gasteiger partial charge in [-0.05, 0) is 19.3 Å². The van der Waals surface area contributed by atoms with Gasteiger partial charge in [-0.1, -0.05) is 0 Å². The number of nitrogens with two attached hydrogens (primary N) is 2. The highest BCUT2D eigenvalue weighted by Gasteiger charge is 2.14. The number of aliphatic carboxylic acids is 2. The second-order valence-electron chi connectivity index (χ2n) is 2.82. The van der Waals surface area contributed by atoms with E-state index in [9.17, 15) is 9.59 Å². The monoisotopic (exact) mass is 262 g/mol. The van der Waals surface area contributed by atoms with Crippen LogP contribution in [0.25, 0.3) is 0 Å². The van der Waals surface area contributed by atoms with Crippen LogP contribution in [-0.2, 0) is 9.59 Å². The van der Waals surface area contributed by atoms with Crippen LogP contribution in [0.3, 0.4) is 0 Å². The van der Waals surface area contributed by atoms with Crippen molar-refractivity contribution in [1.29, 1.82) is 0 Å². The van der Waals surface area contributed by atoms with Crippen LogP contribution in [0.15, 0.2) is 0 Å². The molecule has 0 aromatic carbocycles. The van der Waals surface area contributed by atoms with Crippen molar-refractivity contribution in [3.05, 3.63) is 0 Å². The van der Waals surface area contributed by atoms with E-state index in [1.807, 2.05) is 0 Å². The summed E-state index contributed by atoms with van der Waals surface area (Å²) in [5.74, 6) is -2.16. The Balaban J connectivity index is -0.000000720. The Morgan fingerprint density at radius 3 is 1.40 bits per heavy atom. The summed E-state index contributed by atoms with van der Waals surface area (Å²) in [5.41, 5.74) is 10.4. The highest BCUT2D eigenvalue weighted by molar-refractivity contribution is 5.85. The maximum atomic E-state index is 10.2. The summed E-state index contributed by atoms with van der Waals surface area (Å²) in [5, 5.41) is 16.8. The topological polar surface area (TPSA) is 127 Å². The van der Waals surface area contributed by atoms with Gasteiger partial charge in [0.05, 0.1) is 0 Å². The van der Waals surface area contributed by atoms with Crippen LogP contribution in [0.1, 0.15) is 19.3 Å². The van der Waals surface area contributed by atoms with E-state index >= 15 is 0 Å². The lowest BCUT2D eigenvalue weighted by Gasteiger charge is -2.07. The number of carbonyl (C=O) groups is 2. The van der Waals surface area contributed by atoms with Crippen LogP contribution >= 0.6 is 24.8 Å². The lowest BCUT2D eigenvalue weighted by molar-refractivity contribution is -0.139. The highest BCUT2D eigenvalue weighted by Crippen LogP contribution is 2.01. The quantitative estimate of drug-likeness (QED) is 0.526. The van der Waals surface area contributed by atoms with Gasteiger partial charge in [0, 0.05) is 0 Å². The third kappa shape index (κ3) is 9.74. The Morgan fingerprint density at radius 2 is 1.20 bits per heavy atom. The first-order valence-electron chi connectivity index (χ1n) is 3.92. The number of carboxylic acid groups (broad SMARTS) is 2. The maximum Gasteiger partial charge on any atom is 0.320 e. The van der Waals surface area contributed by atoms with Crippen molar-refractivity contribution in [2.24, 2.45) is 11.5 Å². The molecule has 0 radical (unpaired) electrons. The average Bonchev–Trinajstić information content (AvgIpc) is 2.03. The molecule has 6 N–H and O–H groups in total. The number of hydrogen-bond donors (Lipinski definition) is 4. The standard InChI is InChI=1S/C7H14N2O4.2ClH/c8-4(6(10)11)2-1-3-5(9)7(12)13;;/h4-5H,1-3,8-9H2,(H,10,11)(H,12,13);2*1H/t4-,5-;;/m0../s1. The van der Waals surface area contributed by atoms with Gasteiger partial charge in [0.2, 0.25) is 0 Å². The van der Waals surface area contributed by atoms with Crippen molar-refractivity contribution < 1.29 is 19.8 Å². The van der Waals surface area contributed by atoms with Crippen LogP contribution in [0.4, 0.5) is 0 Å². The van der Waals surface area contributed by atoms with E-state index in [1.165, 1.54) is 0 Å².